The van der Waals surface area contributed by atoms with Crippen LogP contribution < -0.4 is 5.32 Å². The van der Waals surface area contributed by atoms with Crippen molar-refractivity contribution >= 4 is 0 Å². The van der Waals surface area contributed by atoms with Crippen molar-refractivity contribution in [2.45, 2.75) is 44.7 Å². The van der Waals surface area contributed by atoms with Crippen LogP contribution in [0.25, 0.3) is 0 Å². The molecule has 1 saturated carbocycles. The summed E-state index contributed by atoms with van der Waals surface area (Å²) >= 11 is 0. The van der Waals surface area contributed by atoms with Gasteiger partial charge in [-0.2, -0.15) is 0 Å². The van der Waals surface area contributed by atoms with Gasteiger partial charge in [0.2, 0.25) is 0 Å². The number of hydrogen-bond acceptors (Lipinski definition) is 3. The van der Waals surface area contributed by atoms with Crippen molar-refractivity contribution in [3.8, 4) is 0 Å². The molecule has 0 aromatic heterocycles. The summed E-state index contributed by atoms with van der Waals surface area (Å²) in [6.07, 6.45) is 5.57. The molecule has 0 unspecified atom stereocenters. The summed E-state index contributed by atoms with van der Waals surface area (Å²) in [5.41, 5.74) is 0. The van der Waals surface area contributed by atoms with Gasteiger partial charge in [-0.05, 0) is 32.9 Å². The maximum absolute atomic E-state index is 3.46. The highest BCUT2D eigenvalue weighted by Gasteiger charge is 2.27. The Morgan fingerprint density at radius 2 is 1.88 bits per heavy atom. The average molecular weight is 225 g/mol. The minimum atomic E-state index is 0.767. The second-order valence-corrected chi connectivity index (χ2v) is 5.28. The van der Waals surface area contributed by atoms with E-state index in [0.29, 0.717) is 0 Å². The number of likely N-dealkylation sites (N-methyl/N-ethyl adjacent to an activating group) is 1. The quantitative estimate of drug-likeness (QED) is 0.777. The molecule has 3 nitrogen and oxygen atoms in total. The Labute approximate surface area is 100 Å². The zero-order valence-corrected chi connectivity index (χ0v) is 10.9. The molecule has 1 aliphatic heterocycles. The fraction of sp³-hybridized carbons (Fsp3) is 1.00. The molecule has 0 spiro atoms. The summed E-state index contributed by atoms with van der Waals surface area (Å²) in [6.45, 7) is 8.61. The first-order valence-corrected chi connectivity index (χ1v) is 6.97. The van der Waals surface area contributed by atoms with Crippen LogP contribution in [0.2, 0.25) is 0 Å². The SMILES string of the molecule is CCN1CCN([C@@H]2CCC[C@H](NC)C2)CC1. The molecule has 0 aromatic rings. The van der Waals surface area contributed by atoms with E-state index in [4.69, 9.17) is 0 Å². The van der Waals surface area contributed by atoms with Gasteiger partial charge in [0.15, 0.2) is 0 Å². The highest BCUT2D eigenvalue weighted by atomic mass is 15.3. The third-order valence-corrected chi connectivity index (χ3v) is 4.43. The van der Waals surface area contributed by atoms with Crippen LogP contribution in [0.15, 0.2) is 0 Å². The van der Waals surface area contributed by atoms with Crippen molar-refractivity contribution in [3.05, 3.63) is 0 Å². The average Bonchev–Trinajstić information content (AvgIpc) is 2.39. The van der Waals surface area contributed by atoms with Crippen molar-refractivity contribution in [2.24, 2.45) is 0 Å². The zero-order chi connectivity index (χ0) is 11.4. The molecule has 2 atom stereocenters. The van der Waals surface area contributed by atoms with Gasteiger partial charge in [0.25, 0.3) is 0 Å². The van der Waals surface area contributed by atoms with Crippen LogP contribution in [-0.2, 0) is 0 Å². The van der Waals surface area contributed by atoms with Crippen LogP contribution in [0.1, 0.15) is 32.6 Å². The third kappa shape index (κ3) is 2.96. The molecule has 2 fully saturated rings. The van der Waals surface area contributed by atoms with E-state index >= 15 is 0 Å². The maximum atomic E-state index is 3.46. The van der Waals surface area contributed by atoms with Gasteiger partial charge in [-0.15, -0.1) is 0 Å². The summed E-state index contributed by atoms with van der Waals surface area (Å²) in [5, 5.41) is 3.46. The Balaban J connectivity index is 1.79. The molecule has 0 aromatic carbocycles. The van der Waals surface area contributed by atoms with E-state index in [1.165, 1.54) is 58.4 Å². The number of nitrogens with one attached hydrogen (secondary N) is 1. The fourth-order valence-corrected chi connectivity index (χ4v) is 3.20. The second kappa shape index (κ2) is 5.99. The molecule has 2 rings (SSSR count). The summed E-state index contributed by atoms with van der Waals surface area (Å²) in [4.78, 5) is 5.30. The van der Waals surface area contributed by atoms with E-state index in [-0.39, 0.29) is 0 Å². The molecule has 3 heteroatoms. The van der Waals surface area contributed by atoms with Crippen molar-refractivity contribution in [3.63, 3.8) is 0 Å². The fourth-order valence-electron chi connectivity index (χ4n) is 3.20. The van der Waals surface area contributed by atoms with Crippen LogP contribution >= 0.6 is 0 Å². The highest BCUT2D eigenvalue weighted by Crippen LogP contribution is 2.23. The summed E-state index contributed by atoms with van der Waals surface area (Å²) in [5.74, 6) is 0. The summed E-state index contributed by atoms with van der Waals surface area (Å²) in [7, 11) is 2.11. The van der Waals surface area contributed by atoms with E-state index in [1.54, 1.807) is 0 Å². The monoisotopic (exact) mass is 225 g/mol. The molecule has 94 valence electrons. The lowest BCUT2D eigenvalue weighted by atomic mass is 9.89. The standard InChI is InChI=1S/C13H27N3/c1-3-15-7-9-16(10-8-15)13-6-4-5-12(11-13)14-2/h12-14H,3-11H2,1-2H3/t12-,13+/m0/s1. The minimum absolute atomic E-state index is 0.767. The summed E-state index contributed by atoms with van der Waals surface area (Å²) in [6, 6.07) is 1.62. The molecule has 1 N–H and O–H groups in total. The van der Waals surface area contributed by atoms with E-state index in [0.717, 1.165) is 12.1 Å². The molecule has 16 heavy (non-hydrogen) atoms. The van der Waals surface area contributed by atoms with Crippen LogP contribution in [0.5, 0.6) is 0 Å². The number of rotatable bonds is 3. The van der Waals surface area contributed by atoms with E-state index in [9.17, 15) is 0 Å². The normalized spacial score (nSPS) is 34.1. The Morgan fingerprint density at radius 1 is 1.12 bits per heavy atom. The molecule has 1 saturated heterocycles. The van der Waals surface area contributed by atoms with Gasteiger partial charge < -0.3 is 10.2 Å². The van der Waals surface area contributed by atoms with Gasteiger partial charge in [-0.25, -0.2) is 0 Å². The van der Waals surface area contributed by atoms with Crippen molar-refractivity contribution < 1.29 is 0 Å². The predicted molar refractivity (Wildman–Crippen MR) is 68.8 cm³/mol. The first-order valence-electron chi connectivity index (χ1n) is 6.97. The predicted octanol–water partition coefficient (Wildman–Crippen LogP) is 1.15. The highest BCUT2D eigenvalue weighted by molar-refractivity contribution is 4.85. The van der Waals surface area contributed by atoms with Gasteiger partial charge in [0, 0.05) is 38.3 Å². The molecular weight excluding hydrogens is 198 g/mol. The number of hydrogen-bond donors (Lipinski definition) is 1. The molecule has 1 aliphatic carbocycles. The third-order valence-electron chi connectivity index (χ3n) is 4.43. The van der Waals surface area contributed by atoms with Gasteiger partial charge in [-0.3, -0.25) is 4.90 Å². The Bertz CT molecular complexity index is 199. The second-order valence-electron chi connectivity index (χ2n) is 5.28. The number of piperazine rings is 1. The minimum Gasteiger partial charge on any atom is -0.317 e. The first kappa shape index (κ1) is 12.3. The van der Waals surface area contributed by atoms with Crippen LogP contribution in [0.4, 0.5) is 0 Å². The Kier molecular flexibility index (Phi) is 4.62. The van der Waals surface area contributed by atoms with Crippen molar-refractivity contribution in [1.29, 1.82) is 0 Å². The summed E-state index contributed by atoms with van der Waals surface area (Å²) < 4.78 is 0. The van der Waals surface area contributed by atoms with Crippen LogP contribution in [-0.4, -0.2) is 61.7 Å². The van der Waals surface area contributed by atoms with Crippen LogP contribution in [0, 0.1) is 0 Å². The van der Waals surface area contributed by atoms with Crippen molar-refractivity contribution in [1.82, 2.24) is 15.1 Å². The van der Waals surface area contributed by atoms with E-state index in [2.05, 4.69) is 29.1 Å². The van der Waals surface area contributed by atoms with E-state index < -0.39 is 0 Å². The van der Waals surface area contributed by atoms with Crippen molar-refractivity contribution in [2.75, 3.05) is 39.8 Å². The molecule has 0 amide bonds. The molecule has 2 aliphatic rings. The van der Waals surface area contributed by atoms with Gasteiger partial charge in [0.05, 0.1) is 0 Å². The number of nitrogens with zero attached hydrogens (tertiary/aromatic N) is 2. The first-order chi connectivity index (χ1) is 7.83. The lowest BCUT2D eigenvalue weighted by molar-refractivity contribution is 0.0750. The van der Waals surface area contributed by atoms with Gasteiger partial charge in [0.1, 0.15) is 0 Å². The van der Waals surface area contributed by atoms with Crippen LogP contribution in [0.3, 0.4) is 0 Å². The topological polar surface area (TPSA) is 18.5 Å². The molecule has 1 heterocycles. The lowest BCUT2D eigenvalue weighted by Gasteiger charge is -2.42. The molecule has 0 radical (unpaired) electrons. The largest absolute Gasteiger partial charge is 0.317 e. The van der Waals surface area contributed by atoms with Gasteiger partial charge in [-0.1, -0.05) is 13.3 Å². The Hall–Kier alpha value is -0.120. The lowest BCUT2D eigenvalue weighted by Crippen LogP contribution is -2.52. The van der Waals surface area contributed by atoms with E-state index in [1.807, 2.05) is 0 Å². The smallest absolute Gasteiger partial charge is 0.0113 e. The Morgan fingerprint density at radius 3 is 2.50 bits per heavy atom. The molecule has 0 bridgehead atoms. The maximum Gasteiger partial charge on any atom is 0.0113 e. The van der Waals surface area contributed by atoms with Gasteiger partial charge >= 0.3 is 0 Å². The zero-order valence-electron chi connectivity index (χ0n) is 10.9. The molecular formula is C13H27N3.